The van der Waals surface area contributed by atoms with Gasteiger partial charge in [-0.1, -0.05) is 42.5 Å². The molecule has 0 spiro atoms. The minimum absolute atomic E-state index is 0.0436. The van der Waals surface area contributed by atoms with Crippen LogP contribution in [-0.4, -0.2) is 56.0 Å². The molecule has 1 unspecified atom stereocenters. The normalized spacial score (nSPS) is 15.1. The van der Waals surface area contributed by atoms with Crippen LogP contribution in [0.1, 0.15) is 16.1 Å². The first-order valence-corrected chi connectivity index (χ1v) is 11.3. The molecule has 0 radical (unpaired) electrons. The number of nitrogens with one attached hydrogen (secondary N) is 2. The molecule has 0 fully saturated rings. The Labute approximate surface area is 207 Å². The molecule has 3 aromatic rings. The number of para-hydroxylation sites is 2. The Morgan fingerprint density at radius 1 is 1.03 bits per heavy atom. The van der Waals surface area contributed by atoms with Crippen LogP contribution in [0.15, 0.2) is 77.4 Å². The molecular weight excluding hydrogens is 466 g/mol. The van der Waals surface area contributed by atoms with E-state index in [4.69, 9.17) is 13.9 Å². The number of furan rings is 1. The van der Waals surface area contributed by atoms with Crippen molar-refractivity contribution in [2.24, 2.45) is 0 Å². The van der Waals surface area contributed by atoms with Crippen molar-refractivity contribution in [3.05, 3.63) is 84.3 Å². The van der Waals surface area contributed by atoms with Crippen molar-refractivity contribution in [1.29, 1.82) is 0 Å². The minimum Gasteiger partial charge on any atom is -0.477 e. The number of nitrogens with zero attached hydrogens (tertiary/aromatic N) is 1. The Hall–Kier alpha value is -4.60. The SMILES string of the molecule is CNC(=O)C1CN(C(=O)COC(=O)[C@H](Cc2ccccc2)NC(=O)c2ccco2)c2ccccc2O1. The molecule has 1 aliphatic rings. The number of likely N-dealkylation sites (N-methyl/N-ethyl adjacent to an activating group) is 1. The van der Waals surface area contributed by atoms with Gasteiger partial charge in [0.2, 0.25) is 0 Å². The van der Waals surface area contributed by atoms with Crippen molar-refractivity contribution in [2.75, 3.05) is 25.1 Å². The molecule has 1 aliphatic heterocycles. The molecule has 1 aromatic heterocycles. The van der Waals surface area contributed by atoms with E-state index >= 15 is 0 Å². The molecule has 4 rings (SSSR count). The number of rotatable bonds is 8. The third-order valence-corrected chi connectivity index (χ3v) is 5.57. The summed E-state index contributed by atoms with van der Waals surface area (Å²) in [6, 6.07) is 17.8. The van der Waals surface area contributed by atoms with Gasteiger partial charge in [0.05, 0.1) is 18.5 Å². The second kappa shape index (κ2) is 11.2. The van der Waals surface area contributed by atoms with Crippen LogP contribution >= 0.6 is 0 Å². The zero-order valence-corrected chi connectivity index (χ0v) is 19.5. The number of carbonyl (C=O) groups excluding carboxylic acids is 4. The quantitative estimate of drug-likeness (QED) is 0.459. The topological polar surface area (TPSA) is 127 Å². The minimum atomic E-state index is -1.06. The van der Waals surface area contributed by atoms with Gasteiger partial charge in [-0.25, -0.2) is 4.79 Å². The lowest BCUT2D eigenvalue weighted by Gasteiger charge is -2.33. The maximum absolute atomic E-state index is 13.1. The summed E-state index contributed by atoms with van der Waals surface area (Å²) >= 11 is 0. The molecule has 2 N–H and O–H groups in total. The first-order chi connectivity index (χ1) is 17.5. The lowest BCUT2D eigenvalue weighted by molar-refractivity contribution is -0.150. The van der Waals surface area contributed by atoms with Gasteiger partial charge >= 0.3 is 5.97 Å². The summed E-state index contributed by atoms with van der Waals surface area (Å²) in [6.07, 6.45) is 0.590. The molecule has 2 aromatic carbocycles. The fraction of sp³-hybridized carbons (Fsp3) is 0.231. The smallest absolute Gasteiger partial charge is 0.329 e. The molecule has 0 bridgehead atoms. The van der Waals surface area contributed by atoms with Gasteiger partial charge in [0.25, 0.3) is 17.7 Å². The van der Waals surface area contributed by atoms with Gasteiger partial charge in [0, 0.05) is 13.5 Å². The van der Waals surface area contributed by atoms with Crippen LogP contribution in [0.2, 0.25) is 0 Å². The fourth-order valence-electron chi connectivity index (χ4n) is 3.76. The van der Waals surface area contributed by atoms with Crippen LogP contribution in [0, 0.1) is 0 Å². The lowest BCUT2D eigenvalue weighted by atomic mass is 10.1. The molecule has 2 heterocycles. The number of anilines is 1. The van der Waals surface area contributed by atoms with Crippen molar-refractivity contribution in [3.8, 4) is 5.75 Å². The Kier molecular flexibility index (Phi) is 7.64. The summed E-state index contributed by atoms with van der Waals surface area (Å²) < 4.78 is 16.1. The van der Waals surface area contributed by atoms with Crippen LogP contribution in [0.4, 0.5) is 5.69 Å². The first-order valence-electron chi connectivity index (χ1n) is 11.3. The van der Waals surface area contributed by atoms with Crippen molar-refractivity contribution < 1.29 is 33.1 Å². The number of hydrogen-bond acceptors (Lipinski definition) is 7. The number of benzene rings is 2. The van der Waals surface area contributed by atoms with Crippen LogP contribution in [0.5, 0.6) is 5.75 Å². The van der Waals surface area contributed by atoms with E-state index in [1.807, 2.05) is 30.3 Å². The average Bonchev–Trinajstić information content (AvgIpc) is 3.46. The van der Waals surface area contributed by atoms with Gasteiger partial charge in [0.1, 0.15) is 11.8 Å². The van der Waals surface area contributed by atoms with Gasteiger partial charge < -0.3 is 29.4 Å². The monoisotopic (exact) mass is 491 g/mol. The number of hydrogen-bond donors (Lipinski definition) is 2. The zero-order chi connectivity index (χ0) is 25.5. The predicted molar refractivity (Wildman–Crippen MR) is 128 cm³/mol. The van der Waals surface area contributed by atoms with Gasteiger partial charge in [-0.2, -0.15) is 0 Å². The van der Waals surface area contributed by atoms with Crippen LogP contribution in [0.3, 0.4) is 0 Å². The standard InChI is InChI=1S/C26H25N3O7/c1-27-24(31)22-15-29(19-10-5-6-11-20(19)36-22)23(30)16-35-26(33)18(14-17-8-3-2-4-9-17)28-25(32)21-12-7-13-34-21/h2-13,18,22H,14-16H2,1H3,(H,27,31)(H,28,32)/t18-,22?/m0/s1. The molecule has 36 heavy (non-hydrogen) atoms. The predicted octanol–water partition coefficient (Wildman–Crippen LogP) is 1.70. The number of ether oxygens (including phenoxy) is 2. The van der Waals surface area contributed by atoms with Crippen molar-refractivity contribution in [3.63, 3.8) is 0 Å². The summed E-state index contributed by atoms with van der Waals surface area (Å²) in [4.78, 5) is 52.1. The molecule has 3 amide bonds. The lowest BCUT2D eigenvalue weighted by Crippen LogP contribution is -2.51. The first kappa shape index (κ1) is 24.5. The van der Waals surface area contributed by atoms with E-state index in [0.717, 1.165) is 5.56 Å². The molecule has 0 saturated heterocycles. The summed E-state index contributed by atoms with van der Waals surface area (Å²) in [5.74, 6) is -1.88. The highest BCUT2D eigenvalue weighted by molar-refractivity contribution is 5.99. The van der Waals surface area contributed by atoms with E-state index in [2.05, 4.69) is 10.6 Å². The van der Waals surface area contributed by atoms with Crippen LogP contribution < -0.4 is 20.3 Å². The highest BCUT2D eigenvalue weighted by Crippen LogP contribution is 2.33. The van der Waals surface area contributed by atoms with E-state index in [-0.39, 0.29) is 24.6 Å². The summed E-state index contributed by atoms with van der Waals surface area (Å²) in [6.45, 7) is -0.634. The summed E-state index contributed by atoms with van der Waals surface area (Å²) in [5, 5.41) is 5.12. The van der Waals surface area contributed by atoms with Gasteiger partial charge in [-0.05, 0) is 29.8 Å². The number of fused-ring (bicyclic) bond motifs is 1. The van der Waals surface area contributed by atoms with E-state index in [1.165, 1.54) is 24.3 Å². The largest absolute Gasteiger partial charge is 0.477 e. The van der Waals surface area contributed by atoms with E-state index < -0.39 is 36.5 Å². The molecule has 0 aliphatic carbocycles. The Morgan fingerprint density at radius 3 is 2.50 bits per heavy atom. The van der Waals surface area contributed by atoms with Crippen molar-refractivity contribution >= 4 is 29.4 Å². The maximum atomic E-state index is 13.1. The summed E-state index contributed by atoms with van der Waals surface area (Å²) in [5.41, 5.74) is 1.26. The van der Waals surface area contributed by atoms with Crippen molar-refractivity contribution in [1.82, 2.24) is 10.6 Å². The number of carbonyl (C=O) groups is 4. The Balaban J connectivity index is 1.46. The maximum Gasteiger partial charge on any atom is 0.329 e. The van der Waals surface area contributed by atoms with Gasteiger partial charge in [0.15, 0.2) is 18.5 Å². The van der Waals surface area contributed by atoms with E-state index in [0.29, 0.717) is 11.4 Å². The second-order valence-corrected chi connectivity index (χ2v) is 7.99. The molecule has 0 saturated carbocycles. The highest BCUT2D eigenvalue weighted by atomic mass is 16.5. The van der Waals surface area contributed by atoms with Gasteiger partial charge in [-0.15, -0.1) is 0 Å². The average molecular weight is 492 g/mol. The van der Waals surface area contributed by atoms with E-state index in [9.17, 15) is 19.2 Å². The highest BCUT2D eigenvalue weighted by Gasteiger charge is 2.34. The molecule has 10 nitrogen and oxygen atoms in total. The number of amides is 3. The molecule has 10 heteroatoms. The zero-order valence-electron chi connectivity index (χ0n) is 19.5. The Bertz CT molecular complexity index is 1230. The second-order valence-electron chi connectivity index (χ2n) is 7.99. The fourth-order valence-corrected chi connectivity index (χ4v) is 3.76. The Morgan fingerprint density at radius 2 is 1.78 bits per heavy atom. The van der Waals surface area contributed by atoms with Crippen LogP contribution in [0.25, 0.3) is 0 Å². The molecule has 2 atom stereocenters. The third kappa shape index (κ3) is 5.72. The number of esters is 1. The van der Waals surface area contributed by atoms with Gasteiger partial charge in [-0.3, -0.25) is 14.4 Å². The van der Waals surface area contributed by atoms with Crippen molar-refractivity contribution in [2.45, 2.75) is 18.6 Å². The van der Waals surface area contributed by atoms with E-state index in [1.54, 1.807) is 30.3 Å². The molecular formula is C26H25N3O7. The third-order valence-electron chi connectivity index (χ3n) is 5.57. The molecule has 186 valence electrons. The van der Waals surface area contributed by atoms with Crippen LogP contribution in [-0.2, 0) is 25.5 Å². The summed E-state index contributed by atoms with van der Waals surface area (Å²) in [7, 11) is 1.48.